The van der Waals surface area contributed by atoms with Gasteiger partial charge >= 0.3 is 0 Å². The summed E-state index contributed by atoms with van der Waals surface area (Å²) in [7, 11) is 1.76. The normalized spacial score (nSPS) is 10.2. The van der Waals surface area contributed by atoms with E-state index in [4.69, 9.17) is 0 Å². The fourth-order valence-corrected chi connectivity index (χ4v) is 1.62. The topological polar surface area (TPSA) is 29.1 Å². The zero-order chi connectivity index (χ0) is 13.1. The monoisotopic (exact) mass is 247 g/mol. The molecule has 0 saturated carbocycles. The van der Waals surface area contributed by atoms with Crippen LogP contribution in [0.15, 0.2) is 42.5 Å². The average Bonchev–Trinajstić information content (AvgIpc) is 2.38. The highest BCUT2D eigenvalue weighted by molar-refractivity contribution is 6.09. The predicted octanol–water partition coefficient (Wildman–Crippen LogP) is 3.24. The van der Waals surface area contributed by atoms with E-state index in [2.05, 4.69) is 5.32 Å². The number of hydrogen-bond acceptors (Lipinski definition) is 2. The number of ketones is 1. The van der Waals surface area contributed by atoms with Gasteiger partial charge in [0.1, 0.15) is 11.6 Å². The molecule has 0 fully saturated rings. The molecule has 0 amide bonds. The predicted molar refractivity (Wildman–Crippen MR) is 65.8 cm³/mol. The Morgan fingerprint density at radius 1 is 1.06 bits per heavy atom. The summed E-state index contributed by atoms with van der Waals surface area (Å²) in [4.78, 5) is 12.0. The molecule has 0 aliphatic carbocycles. The second-order valence-corrected chi connectivity index (χ2v) is 3.78. The van der Waals surface area contributed by atoms with Gasteiger partial charge < -0.3 is 5.32 Å². The van der Waals surface area contributed by atoms with Crippen LogP contribution in [0.4, 0.5) is 14.5 Å². The standard InChI is InChI=1S/C14H11F2NO/c1-17-11-5-2-9(3-6-11)14(18)12-7-4-10(15)8-13(12)16/h2-8,17H,1H3. The number of rotatable bonds is 3. The van der Waals surface area contributed by atoms with Crippen molar-refractivity contribution in [3.63, 3.8) is 0 Å². The van der Waals surface area contributed by atoms with Gasteiger partial charge in [-0.15, -0.1) is 0 Å². The summed E-state index contributed by atoms with van der Waals surface area (Å²) in [5.41, 5.74) is 1.08. The third-order valence-corrected chi connectivity index (χ3v) is 2.61. The van der Waals surface area contributed by atoms with Crippen molar-refractivity contribution < 1.29 is 13.6 Å². The average molecular weight is 247 g/mol. The van der Waals surface area contributed by atoms with Crippen LogP contribution in [0, 0.1) is 11.6 Å². The van der Waals surface area contributed by atoms with E-state index in [0.29, 0.717) is 11.6 Å². The first kappa shape index (κ1) is 12.2. The highest BCUT2D eigenvalue weighted by atomic mass is 19.1. The minimum Gasteiger partial charge on any atom is -0.388 e. The van der Waals surface area contributed by atoms with Crippen LogP contribution in [0.25, 0.3) is 0 Å². The number of carbonyl (C=O) groups is 1. The van der Waals surface area contributed by atoms with Gasteiger partial charge in [-0.2, -0.15) is 0 Å². The summed E-state index contributed by atoms with van der Waals surface area (Å²) < 4.78 is 26.2. The van der Waals surface area contributed by atoms with Crippen molar-refractivity contribution in [2.75, 3.05) is 12.4 Å². The summed E-state index contributed by atoms with van der Waals surface area (Å²) in [6.45, 7) is 0. The Balaban J connectivity index is 2.35. The lowest BCUT2D eigenvalue weighted by atomic mass is 10.0. The zero-order valence-corrected chi connectivity index (χ0v) is 9.71. The SMILES string of the molecule is CNc1ccc(C(=O)c2ccc(F)cc2F)cc1. The lowest BCUT2D eigenvalue weighted by Crippen LogP contribution is -2.04. The van der Waals surface area contributed by atoms with Crippen LogP contribution in [-0.4, -0.2) is 12.8 Å². The molecule has 92 valence electrons. The Bertz CT molecular complexity index is 579. The third kappa shape index (κ3) is 2.37. The third-order valence-electron chi connectivity index (χ3n) is 2.61. The number of carbonyl (C=O) groups excluding carboxylic acids is 1. The fourth-order valence-electron chi connectivity index (χ4n) is 1.62. The molecule has 0 aliphatic heterocycles. The second kappa shape index (κ2) is 4.96. The van der Waals surface area contributed by atoms with Crippen LogP contribution in [-0.2, 0) is 0 Å². The Kier molecular flexibility index (Phi) is 3.37. The van der Waals surface area contributed by atoms with Crippen LogP contribution in [0.1, 0.15) is 15.9 Å². The van der Waals surface area contributed by atoms with Gasteiger partial charge in [0.25, 0.3) is 0 Å². The number of nitrogens with one attached hydrogen (secondary N) is 1. The summed E-state index contributed by atoms with van der Waals surface area (Å²) in [5.74, 6) is -2.01. The van der Waals surface area contributed by atoms with Crippen molar-refractivity contribution in [1.29, 1.82) is 0 Å². The van der Waals surface area contributed by atoms with E-state index in [0.717, 1.165) is 17.8 Å². The van der Waals surface area contributed by atoms with E-state index in [1.54, 1.807) is 31.3 Å². The maximum atomic E-state index is 13.5. The second-order valence-electron chi connectivity index (χ2n) is 3.78. The van der Waals surface area contributed by atoms with Crippen LogP contribution < -0.4 is 5.32 Å². The number of benzene rings is 2. The summed E-state index contributed by atoms with van der Waals surface area (Å²) in [6, 6.07) is 9.55. The van der Waals surface area contributed by atoms with E-state index >= 15 is 0 Å². The first-order chi connectivity index (χ1) is 8.61. The summed E-state index contributed by atoms with van der Waals surface area (Å²) >= 11 is 0. The van der Waals surface area contributed by atoms with Crippen molar-refractivity contribution in [2.24, 2.45) is 0 Å². The highest BCUT2D eigenvalue weighted by Crippen LogP contribution is 2.16. The maximum absolute atomic E-state index is 13.5. The number of anilines is 1. The van der Waals surface area contributed by atoms with E-state index < -0.39 is 17.4 Å². The van der Waals surface area contributed by atoms with Crippen LogP contribution in [0.5, 0.6) is 0 Å². The Morgan fingerprint density at radius 3 is 2.28 bits per heavy atom. The van der Waals surface area contributed by atoms with Crippen molar-refractivity contribution in [1.82, 2.24) is 0 Å². The molecule has 2 aromatic carbocycles. The first-order valence-corrected chi connectivity index (χ1v) is 5.39. The van der Waals surface area contributed by atoms with E-state index in [9.17, 15) is 13.6 Å². The zero-order valence-electron chi connectivity index (χ0n) is 9.71. The lowest BCUT2D eigenvalue weighted by molar-refractivity contribution is 0.103. The maximum Gasteiger partial charge on any atom is 0.195 e. The van der Waals surface area contributed by atoms with Crippen molar-refractivity contribution in [3.8, 4) is 0 Å². The van der Waals surface area contributed by atoms with Crippen molar-refractivity contribution in [3.05, 3.63) is 65.2 Å². The van der Waals surface area contributed by atoms with Gasteiger partial charge in [0.2, 0.25) is 0 Å². The molecular formula is C14H11F2NO. The van der Waals surface area contributed by atoms with Crippen LogP contribution >= 0.6 is 0 Å². The summed E-state index contributed by atoms with van der Waals surface area (Å²) in [5, 5.41) is 2.92. The fraction of sp³-hybridized carbons (Fsp3) is 0.0714. The quantitative estimate of drug-likeness (QED) is 0.843. The molecule has 18 heavy (non-hydrogen) atoms. The first-order valence-electron chi connectivity index (χ1n) is 5.39. The Morgan fingerprint density at radius 2 is 1.72 bits per heavy atom. The van der Waals surface area contributed by atoms with Gasteiger partial charge in [0.05, 0.1) is 5.56 Å². The Hall–Kier alpha value is -2.23. The minimum atomic E-state index is -0.849. The molecule has 0 spiro atoms. The number of hydrogen-bond donors (Lipinski definition) is 1. The number of halogens is 2. The molecule has 1 N–H and O–H groups in total. The molecule has 0 heterocycles. The molecule has 0 saturated heterocycles. The molecule has 0 atom stereocenters. The molecule has 0 radical (unpaired) electrons. The van der Waals surface area contributed by atoms with Gasteiger partial charge in [0.15, 0.2) is 5.78 Å². The van der Waals surface area contributed by atoms with Gasteiger partial charge in [-0.1, -0.05) is 0 Å². The molecular weight excluding hydrogens is 236 g/mol. The minimum absolute atomic E-state index is 0.131. The molecule has 2 aromatic rings. The van der Waals surface area contributed by atoms with Gasteiger partial charge in [-0.05, 0) is 36.4 Å². The van der Waals surface area contributed by atoms with E-state index in [1.807, 2.05) is 0 Å². The molecule has 0 unspecified atom stereocenters. The molecule has 2 nitrogen and oxygen atoms in total. The van der Waals surface area contributed by atoms with Gasteiger partial charge in [-0.25, -0.2) is 8.78 Å². The van der Waals surface area contributed by atoms with Gasteiger partial charge in [0, 0.05) is 24.4 Å². The molecule has 0 aliphatic rings. The molecule has 0 bridgehead atoms. The van der Waals surface area contributed by atoms with Crippen molar-refractivity contribution in [2.45, 2.75) is 0 Å². The molecule has 0 aromatic heterocycles. The van der Waals surface area contributed by atoms with Crippen molar-refractivity contribution >= 4 is 11.5 Å². The Labute approximate surface area is 103 Å². The molecule has 2 rings (SSSR count). The van der Waals surface area contributed by atoms with E-state index in [1.165, 1.54) is 0 Å². The molecule has 4 heteroatoms. The lowest BCUT2D eigenvalue weighted by Gasteiger charge is -2.04. The van der Waals surface area contributed by atoms with Crippen LogP contribution in [0.2, 0.25) is 0 Å². The van der Waals surface area contributed by atoms with E-state index in [-0.39, 0.29) is 5.56 Å². The highest BCUT2D eigenvalue weighted by Gasteiger charge is 2.14. The smallest absolute Gasteiger partial charge is 0.195 e. The summed E-state index contributed by atoms with van der Waals surface area (Å²) in [6.07, 6.45) is 0. The van der Waals surface area contributed by atoms with Crippen LogP contribution in [0.3, 0.4) is 0 Å². The largest absolute Gasteiger partial charge is 0.388 e. The van der Waals surface area contributed by atoms with Gasteiger partial charge in [-0.3, -0.25) is 4.79 Å².